The summed E-state index contributed by atoms with van der Waals surface area (Å²) in [6.07, 6.45) is 0.481. The predicted molar refractivity (Wildman–Crippen MR) is 96.7 cm³/mol. The van der Waals surface area contributed by atoms with Crippen LogP contribution in [0.3, 0.4) is 0 Å². The summed E-state index contributed by atoms with van der Waals surface area (Å²) in [7, 11) is 0. The molecule has 24 heavy (non-hydrogen) atoms. The molecule has 2 amide bonds. The van der Waals surface area contributed by atoms with Crippen LogP contribution in [-0.2, 0) is 16.0 Å². The summed E-state index contributed by atoms with van der Waals surface area (Å²) in [5, 5.41) is 5.59. The van der Waals surface area contributed by atoms with Gasteiger partial charge in [0, 0.05) is 17.3 Å². The zero-order valence-corrected chi connectivity index (χ0v) is 14.0. The molecule has 4 N–H and O–H groups in total. The van der Waals surface area contributed by atoms with Crippen molar-refractivity contribution < 1.29 is 9.59 Å². The maximum atomic E-state index is 12.2. The average molecular weight is 325 g/mol. The normalized spacial score (nSPS) is 11.8. The van der Waals surface area contributed by atoms with Gasteiger partial charge in [0.25, 0.3) is 0 Å². The van der Waals surface area contributed by atoms with E-state index in [0.29, 0.717) is 17.8 Å². The second kappa shape index (κ2) is 8.26. The Bertz CT molecular complexity index is 682. The highest BCUT2D eigenvalue weighted by atomic mass is 16.2. The molecule has 2 aromatic carbocycles. The molecule has 2 aromatic rings. The van der Waals surface area contributed by atoms with E-state index in [1.54, 1.807) is 24.3 Å². The van der Waals surface area contributed by atoms with Gasteiger partial charge in [-0.2, -0.15) is 0 Å². The second-order valence-electron chi connectivity index (χ2n) is 6.01. The number of hydrogen-bond acceptors (Lipinski definition) is 3. The van der Waals surface area contributed by atoms with Crippen LogP contribution in [0.4, 0.5) is 11.4 Å². The molecular weight excluding hydrogens is 302 g/mol. The highest BCUT2D eigenvalue weighted by Crippen LogP contribution is 2.15. The number of benzene rings is 2. The van der Waals surface area contributed by atoms with Gasteiger partial charge >= 0.3 is 0 Å². The van der Waals surface area contributed by atoms with Crippen LogP contribution in [0.15, 0.2) is 54.6 Å². The number of hydrogen-bond donors (Lipinski definition) is 3. The molecule has 126 valence electrons. The van der Waals surface area contributed by atoms with Crippen LogP contribution >= 0.6 is 0 Å². The third kappa shape index (κ3) is 5.21. The SMILES string of the molecule is CC(C)C(=O)Nc1ccc(NC(=O)[C@@H](N)Cc2ccccc2)cc1. The number of rotatable bonds is 6. The fourth-order valence-electron chi connectivity index (χ4n) is 2.12. The van der Waals surface area contributed by atoms with Crippen molar-refractivity contribution >= 4 is 23.2 Å². The summed E-state index contributed by atoms with van der Waals surface area (Å²) in [6, 6.07) is 16.0. The minimum absolute atomic E-state index is 0.0448. The maximum Gasteiger partial charge on any atom is 0.241 e. The molecule has 0 aliphatic rings. The van der Waals surface area contributed by atoms with E-state index in [2.05, 4.69) is 10.6 Å². The lowest BCUT2D eigenvalue weighted by Gasteiger charge is -2.13. The highest BCUT2D eigenvalue weighted by Gasteiger charge is 2.14. The Morgan fingerprint density at radius 1 is 0.875 bits per heavy atom. The van der Waals surface area contributed by atoms with Crippen LogP contribution in [0, 0.1) is 5.92 Å². The summed E-state index contributed by atoms with van der Waals surface area (Å²) in [5.74, 6) is -0.366. The van der Waals surface area contributed by atoms with Crippen molar-refractivity contribution in [2.45, 2.75) is 26.3 Å². The maximum absolute atomic E-state index is 12.2. The lowest BCUT2D eigenvalue weighted by Crippen LogP contribution is -2.37. The molecule has 0 heterocycles. The lowest BCUT2D eigenvalue weighted by molar-refractivity contribution is -0.119. The first-order valence-corrected chi connectivity index (χ1v) is 7.97. The minimum atomic E-state index is -0.618. The Labute approximate surface area is 142 Å². The molecule has 0 spiro atoms. The van der Waals surface area contributed by atoms with E-state index in [1.165, 1.54) is 0 Å². The van der Waals surface area contributed by atoms with Crippen LogP contribution < -0.4 is 16.4 Å². The van der Waals surface area contributed by atoms with Gasteiger partial charge in [0.1, 0.15) is 0 Å². The first-order valence-electron chi connectivity index (χ1n) is 7.97. The standard InChI is InChI=1S/C19H23N3O2/c1-13(2)18(23)21-15-8-10-16(11-9-15)22-19(24)17(20)12-14-6-4-3-5-7-14/h3-11,13,17H,12,20H2,1-2H3,(H,21,23)(H,22,24)/t17-/m0/s1. The van der Waals surface area contributed by atoms with E-state index in [9.17, 15) is 9.59 Å². The van der Waals surface area contributed by atoms with E-state index in [0.717, 1.165) is 5.56 Å². The van der Waals surface area contributed by atoms with E-state index in [-0.39, 0.29) is 17.7 Å². The van der Waals surface area contributed by atoms with Gasteiger partial charge in [-0.3, -0.25) is 9.59 Å². The fourth-order valence-corrected chi connectivity index (χ4v) is 2.12. The number of nitrogens with one attached hydrogen (secondary N) is 2. The summed E-state index contributed by atoms with van der Waals surface area (Å²) in [5.41, 5.74) is 8.32. The van der Waals surface area contributed by atoms with Crippen molar-refractivity contribution in [3.05, 3.63) is 60.2 Å². The summed E-state index contributed by atoms with van der Waals surface area (Å²) in [4.78, 5) is 23.8. The molecule has 0 unspecified atom stereocenters. The third-order valence-corrected chi connectivity index (χ3v) is 3.58. The van der Waals surface area contributed by atoms with Gasteiger partial charge < -0.3 is 16.4 Å². The van der Waals surface area contributed by atoms with Crippen LogP contribution in [0.1, 0.15) is 19.4 Å². The summed E-state index contributed by atoms with van der Waals surface area (Å²) in [6.45, 7) is 3.66. The number of nitrogens with two attached hydrogens (primary N) is 1. The largest absolute Gasteiger partial charge is 0.326 e. The highest BCUT2D eigenvalue weighted by molar-refractivity contribution is 5.95. The first kappa shape index (κ1) is 17.7. The number of amides is 2. The molecule has 5 nitrogen and oxygen atoms in total. The van der Waals surface area contributed by atoms with E-state index in [4.69, 9.17) is 5.73 Å². The number of carbonyl (C=O) groups is 2. The van der Waals surface area contributed by atoms with Gasteiger partial charge in [-0.05, 0) is 36.2 Å². The molecule has 0 aliphatic heterocycles. The molecule has 0 bridgehead atoms. The molecule has 0 fully saturated rings. The van der Waals surface area contributed by atoms with E-state index in [1.807, 2.05) is 44.2 Å². The van der Waals surface area contributed by atoms with Crippen molar-refractivity contribution in [1.82, 2.24) is 0 Å². The molecule has 5 heteroatoms. The van der Waals surface area contributed by atoms with Crippen molar-refractivity contribution in [2.24, 2.45) is 11.7 Å². The molecule has 1 atom stereocenters. The Kier molecular flexibility index (Phi) is 6.09. The van der Waals surface area contributed by atoms with Crippen LogP contribution in [0.5, 0.6) is 0 Å². The Balaban J connectivity index is 1.90. The van der Waals surface area contributed by atoms with Crippen molar-refractivity contribution in [3.63, 3.8) is 0 Å². The van der Waals surface area contributed by atoms with Crippen LogP contribution in [0.25, 0.3) is 0 Å². The molecular formula is C19H23N3O2. The summed E-state index contributed by atoms with van der Waals surface area (Å²) < 4.78 is 0. The minimum Gasteiger partial charge on any atom is -0.326 e. The molecule has 0 radical (unpaired) electrons. The Hall–Kier alpha value is -2.66. The van der Waals surface area contributed by atoms with Gasteiger partial charge in [-0.15, -0.1) is 0 Å². The monoisotopic (exact) mass is 325 g/mol. The lowest BCUT2D eigenvalue weighted by atomic mass is 10.1. The molecule has 0 aromatic heterocycles. The van der Waals surface area contributed by atoms with Crippen molar-refractivity contribution in [1.29, 1.82) is 0 Å². The average Bonchev–Trinajstić information content (AvgIpc) is 2.57. The zero-order chi connectivity index (χ0) is 17.5. The van der Waals surface area contributed by atoms with Gasteiger partial charge in [-0.1, -0.05) is 44.2 Å². The number of anilines is 2. The second-order valence-corrected chi connectivity index (χ2v) is 6.01. The molecule has 0 saturated carbocycles. The molecule has 0 aliphatic carbocycles. The van der Waals surface area contributed by atoms with Gasteiger partial charge in [-0.25, -0.2) is 0 Å². The summed E-state index contributed by atoms with van der Waals surface area (Å²) >= 11 is 0. The Morgan fingerprint density at radius 2 is 1.38 bits per heavy atom. The first-order chi connectivity index (χ1) is 11.5. The predicted octanol–water partition coefficient (Wildman–Crippen LogP) is 2.79. The third-order valence-electron chi connectivity index (χ3n) is 3.58. The van der Waals surface area contributed by atoms with Gasteiger partial charge in [0.05, 0.1) is 6.04 Å². The topological polar surface area (TPSA) is 84.2 Å². The van der Waals surface area contributed by atoms with Crippen molar-refractivity contribution in [3.8, 4) is 0 Å². The van der Waals surface area contributed by atoms with E-state index >= 15 is 0 Å². The quantitative estimate of drug-likeness (QED) is 0.763. The fraction of sp³-hybridized carbons (Fsp3) is 0.263. The zero-order valence-electron chi connectivity index (χ0n) is 14.0. The van der Waals surface area contributed by atoms with E-state index < -0.39 is 6.04 Å². The van der Waals surface area contributed by atoms with Crippen LogP contribution in [0.2, 0.25) is 0 Å². The molecule has 0 saturated heterocycles. The van der Waals surface area contributed by atoms with Gasteiger partial charge in [0.2, 0.25) is 11.8 Å². The Morgan fingerprint density at radius 3 is 1.88 bits per heavy atom. The smallest absolute Gasteiger partial charge is 0.241 e. The van der Waals surface area contributed by atoms with Crippen LogP contribution in [-0.4, -0.2) is 17.9 Å². The molecule has 2 rings (SSSR count). The number of carbonyl (C=O) groups excluding carboxylic acids is 2. The van der Waals surface area contributed by atoms with Gasteiger partial charge in [0.15, 0.2) is 0 Å². The van der Waals surface area contributed by atoms with Crippen molar-refractivity contribution in [2.75, 3.05) is 10.6 Å².